The van der Waals surface area contributed by atoms with Crippen LogP contribution in [0.1, 0.15) is 32.1 Å². The molecule has 0 aromatic carbocycles. The second-order valence-electron chi connectivity index (χ2n) is 5.45. The van der Waals surface area contributed by atoms with Crippen molar-refractivity contribution in [2.45, 2.75) is 37.0 Å². The van der Waals surface area contributed by atoms with Gasteiger partial charge in [-0.2, -0.15) is 4.37 Å². The number of nitrogen functional groups attached to an aromatic ring is 1. The molecule has 0 radical (unpaired) electrons. The molecule has 2 unspecified atom stereocenters. The molecule has 0 spiro atoms. The Bertz CT molecular complexity index is 418. The van der Waals surface area contributed by atoms with E-state index in [1.165, 1.54) is 55.1 Å². The molecule has 2 fully saturated rings. The fourth-order valence-electron chi connectivity index (χ4n) is 3.46. The number of hydrogen-bond acceptors (Lipinski definition) is 5. The lowest BCUT2D eigenvalue weighted by atomic mass is 9.75. The van der Waals surface area contributed by atoms with Gasteiger partial charge in [0.1, 0.15) is 5.00 Å². The van der Waals surface area contributed by atoms with Gasteiger partial charge >= 0.3 is 0 Å². The molecule has 2 atom stereocenters. The highest BCUT2D eigenvalue weighted by Crippen LogP contribution is 2.42. The molecule has 1 aromatic rings. The number of rotatable bonds is 2. The Morgan fingerprint density at radius 2 is 2.06 bits per heavy atom. The predicted molar refractivity (Wildman–Crippen MR) is 80.6 cm³/mol. The zero-order valence-electron chi connectivity index (χ0n) is 10.9. The molecule has 2 aliphatic rings. The van der Waals surface area contributed by atoms with Gasteiger partial charge in [-0.25, -0.2) is 0 Å². The van der Waals surface area contributed by atoms with Crippen molar-refractivity contribution in [3.8, 4) is 0 Å². The van der Waals surface area contributed by atoms with Gasteiger partial charge in [-0.1, -0.05) is 19.3 Å². The predicted octanol–water partition coefficient (Wildman–Crippen LogP) is 3.46. The minimum absolute atomic E-state index is 0.716. The van der Waals surface area contributed by atoms with E-state index in [1.54, 1.807) is 23.3 Å². The standard InChI is InChI=1S/C13H21N3S2/c1-17-11-12(14)15-18-13(11)16-7-6-9-4-2-3-5-10(9)8-16/h9-10H,2-8H2,1H3,(H2,14,15). The summed E-state index contributed by atoms with van der Waals surface area (Å²) in [7, 11) is 0. The van der Waals surface area contributed by atoms with Crippen LogP contribution >= 0.6 is 23.3 Å². The number of anilines is 2. The highest BCUT2D eigenvalue weighted by atomic mass is 32.2. The van der Waals surface area contributed by atoms with Crippen molar-refractivity contribution in [1.82, 2.24) is 4.37 Å². The molecule has 5 heteroatoms. The number of nitrogens with two attached hydrogens (primary N) is 1. The Morgan fingerprint density at radius 1 is 1.28 bits per heavy atom. The number of thioether (sulfide) groups is 1. The minimum Gasteiger partial charge on any atom is -0.382 e. The molecule has 3 nitrogen and oxygen atoms in total. The Hall–Kier alpha value is -0.420. The Morgan fingerprint density at radius 3 is 2.83 bits per heavy atom. The summed E-state index contributed by atoms with van der Waals surface area (Å²) in [6.07, 6.45) is 9.20. The van der Waals surface area contributed by atoms with E-state index < -0.39 is 0 Å². The molecule has 100 valence electrons. The first kappa shape index (κ1) is 12.6. The number of fused-ring (bicyclic) bond motifs is 1. The van der Waals surface area contributed by atoms with E-state index >= 15 is 0 Å². The van der Waals surface area contributed by atoms with Crippen molar-refractivity contribution in [3.63, 3.8) is 0 Å². The first-order chi connectivity index (χ1) is 8.79. The van der Waals surface area contributed by atoms with Crippen LogP contribution in [0.15, 0.2) is 4.90 Å². The van der Waals surface area contributed by atoms with Crippen LogP contribution in [0.2, 0.25) is 0 Å². The number of aromatic nitrogens is 1. The molecule has 1 aromatic heterocycles. The first-order valence-electron chi connectivity index (χ1n) is 6.83. The van der Waals surface area contributed by atoms with E-state index in [4.69, 9.17) is 5.73 Å². The van der Waals surface area contributed by atoms with Crippen molar-refractivity contribution < 1.29 is 0 Å². The quantitative estimate of drug-likeness (QED) is 0.844. The summed E-state index contributed by atoms with van der Waals surface area (Å²) in [6.45, 7) is 2.41. The SMILES string of the molecule is CSc1c(N)nsc1N1CCC2CCCCC2C1. The van der Waals surface area contributed by atoms with Crippen LogP contribution < -0.4 is 10.6 Å². The van der Waals surface area contributed by atoms with E-state index in [2.05, 4.69) is 15.5 Å². The summed E-state index contributed by atoms with van der Waals surface area (Å²) in [4.78, 5) is 3.72. The highest BCUT2D eigenvalue weighted by molar-refractivity contribution is 7.99. The maximum Gasteiger partial charge on any atom is 0.153 e. The average molecular weight is 283 g/mol. The Balaban J connectivity index is 1.77. The highest BCUT2D eigenvalue weighted by Gasteiger charge is 2.32. The molecular weight excluding hydrogens is 262 g/mol. The van der Waals surface area contributed by atoms with Crippen LogP contribution in [0.5, 0.6) is 0 Å². The Labute approximate surface area is 117 Å². The van der Waals surface area contributed by atoms with E-state index in [0.29, 0.717) is 5.82 Å². The molecule has 1 aliphatic heterocycles. The second kappa shape index (κ2) is 5.29. The summed E-state index contributed by atoms with van der Waals surface area (Å²) < 4.78 is 4.32. The zero-order chi connectivity index (χ0) is 12.5. The lowest BCUT2D eigenvalue weighted by molar-refractivity contribution is 0.202. The molecule has 1 saturated heterocycles. The normalized spacial score (nSPS) is 28.2. The van der Waals surface area contributed by atoms with Crippen molar-refractivity contribution in [3.05, 3.63) is 0 Å². The molecule has 3 rings (SSSR count). The van der Waals surface area contributed by atoms with Crippen molar-refractivity contribution in [2.75, 3.05) is 30.0 Å². The van der Waals surface area contributed by atoms with Gasteiger partial charge in [-0.3, -0.25) is 0 Å². The molecule has 1 aliphatic carbocycles. The topological polar surface area (TPSA) is 42.1 Å². The van der Waals surface area contributed by atoms with Gasteiger partial charge in [-0.05, 0) is 42.5 Å². The van der Waals surface area contributed by atoms with Gasteiger partial charge in [0.05, 0.1) is 4.90 Å². The summed E-state index contributed by atoms with van der Waals surface area (Å²) in [5.74, 6) is 2.61. The third-order valence-electron chi connectivity index (χ3n) is 4.44. The molecule has 0 bridgehead atoms. The largest absolute Gasteiger partial charge is 0.382 e. The fraction of sp³-hybridized carbons (Fsp3) is 0.769. The number of nitrogens with zero attached hydrogens (tertiary/aromatic N) is 2. The average Bonchev–Trinajstić information content (AvgIpc) is 2.79. The van der Waals surface area contributed by atoms with Crippen LogP contribution in [0.4, 0.5) is 10.8 Å². The molecular formula is C13H21N3S2. The van der Waals surface area contributed by atoms with E-state index in [9.17, 15) is 0 Å². The van der Waals surface area contributed by atoms with Gasteiger partial charge in [0.25, 0.3) is 0 Å². The zero-order valence-corrected chi connectivity index (χ0v) is 12.5. The van der Waals surface area contributed by atoms with Crippen molar-refractivity contribution >= 4 is 34.1 Å². The lowest BCUT2D eigenvalue weighted by Crippen LogP contribution is -2.41. The number of piperidine rings is 1. The first-order valence-corrected chi connectivity index (χ1v) is 8.83. The molecule has 0 amide bonds. The third-order valence-corrected chi connectivity index (χ3v) is 6.30. The van der Waals surface area contributed by atoms with Gasteiger partial charge in [0.2, 0.25) is 0 Å². The van der Waals surface area contributed by atoms with Gasteiger partial charge in [-0.15, -0.1) is 11.8 Å². The van der Waals surface area contributed by atoms with E-state index in [-0.39, 0.29) is 0 Å². The van der Waals surface area contributed by atoms with Crippen LogP contribution in [0.25, 0.3) is 0 Å². The minimum atomic E-state index is 0.716. The summed E-state index contributed by atoms with van der Waals surface area (Å²) in [5, 5.41) is 1.31. The summed E-state index contributed by atoms with van der Waals surface area (Å²) in [5.41, 5.74) is 5.94. The maximum atomic E-state index is 5.94. The van der Waals surface area contributed by atoms with Crippen LogP contribution in [0.3, 0.4) is 0 Å². The Kier molecular flexibility index (Phi) is 3.71. The molecule has 2 N–H and O–H groups in total. The van der Waals surface area contributed by atoms with Crippen LogP contribution in [0, 0.1) is 11.8 Å². The van der Waals surface area contributed by atoms with Crippen molar-refractivity contribution in [1.29, 1.82) is 0 Å². The smallest absolute Gasteiger partial charge is 0.153 e. The van der Waals surface area contributed by atoms with Crippen LogP contribution in [-0.4, -0.2) is 23.7 Å². The molecule has 1 saturated carbocycles. The molecule has 2 heterocycles. The molecule has 18 heavy (non-hydrogen) atoms. The van der Waals surface area contributed by atoms with Gasteiger partial charge in [0, 0.05) is 13.1 Å². The summed E-state index contributed by atoms with van der Waals surface area (Å²) >= 11 is 3.31. The summed E-state index contributed by atoms with van der Waals surface area (Å²) in [6, 6.07) is 0. The van der Waals surface area contributed by atoms with Crippen LogP contribution in [-0.2, 0) is 0 Å². The third kappa shape index (κ3) is 2.23. The van der Waals surface area contributed by atoms with Crippen molar-refractivity contribution in [2.24, 2.45) is 11.8 Å². The van der Waals surface area contributed by atoms with E-state index in [0.717, 1.165) is 11.8 Å². The lowest BCUT2D eigenvalue weighted by Gasteiger charge is -2.41. The maximum absolute atomic E-state index is 5.94. The fourth-order valence-corrected chi connectivity index (χ4v) is 5.19. The second-order valence-corrected chi connectivity index (χ2v) is 7.01. The monoisotopic (exact) mass is 283 g/mol. The van der Waals surface area contributed by atoms with E-state index in [1.807, 2.05) is 0 Å². The number of hydrogen-bond donors (Lipinski definition) is 1. The van der Waals surface area contributed by atoms with Gasteiger partial charge in [0.15, 0.2) is 5.82 Å². The van der Waals surface area contributed by atoms with Gasteiger partial charge < -0.3 is 10.6 Å².